The Hall–Kier alpha value is -0.420. The number of hydrogen-bond donors (Lipinski definition) is 1. The van der Waals surface area contributed by atoms with Crippen molar-refractivity contribution in [3.63, 3.8) is 0 Å². The number of ether oxygens (including phenoxy) is 1. The number of thiophene rings is 1. The first-order valence-electron chi connectivity index (χ1n) is 5.64. The quantitative estimate of drug-likeness (QED) is 0.743. The molecule has 0 aliphatic heterocycles. The van der Waals surface area contributed by atoms with Crippen LogP contribution in [0, 0.1) is 6.92 Å². The molecule has 0 aromatic carbocycles. The molecule has 0 aliphatic rings. The highest BCUT2D eigenvalue weighted by molar-refractivity contribution is 7.12. The Morgan fingerprint density at radius 3 is 2.75 bits per heavy atom. The molecule has 2 N–H and O–H groups in total. The molecule has 92 valence electrons. The van der Waals surface area contributed by atoms with Gasteiger partial charge >= 0.3 is 0 Å². The summed E-state index contributed by atoms with van der Waals surface area (Å²) in [4.78, 5) is 4.74. The molecule has 0 fully saturated rings. The molecule has 0 amide bonds. The molecule has 3 nitrogen and oxygen atoms in total. The highest BCUT2D eigenvalue weighted by Crippen LogP contribution is 2.21. The first-order chi connectivity index (χ1) is 7.63. The zero-order valence-corrected chi connectivity index (χ0v) is 11.3. The lowest BCUT2D eigenvalue weighted by Crippen LogP contribution is -2.14. The predicted octanol–water partition coefficient (Wildman–Crippen LogP) is 1.98. The third kappa shape index (κ3) is 4.61. The van der Waals surface area contributed by atoms with Crippen LogP contribution in [0.5, 0.6) is 0 Å². The van der Waals surface area contributed by atoms with E-state index in [1.807, 2.05) is 0 Å². The molecule has 1 aromatic heterocycles. The van der Waals surface area contributed by atoms with Gasteiger partial charge in [-0.15, -0.1) is 11.3 Å². The van der Waals surface area contributed by atoms with Crippen molar-refractivity contribution >= 4 is 11.3 Å². The van der Waals surface area contributed by atoms with E-state index in [1.54, 1.807) is 11.3 Å². The molecule has 0 radical (unpaired) electrons. The Morgan fingerprint density at radius 1 is 1.44 bits per heavy atom. The number of aryl methyl sites for hydroxylation is 1. The second kappa shape index (κ2) is 7.01. The minimum absolute atomic E-state index is 0.631. The third-order valence-corrected chi connectivity index (χ3v) is 3.54. The Labute approximate surface area is 102 Å². The molecule has 0 spiro atoms. The van der Waals surface area contributed by atoms with Crippen molar-refractivity contribution in [2.75, 3.05) is 27.2 Å². The molecule has 0 atom stereocenters. The van der Waals surface area contributed by atoms with E-state index in [9.17, 15) is 0 Å². The van der Waals surface area contributed by atoms with E-state index in [0.717, 1.165) is 26.2 Å². The predicted molar refractivity (Wildman–Crippen MR) is 69.8 cm³/mol. The fourth-order valence-electron chi connectivity index (χ4n) is 1.50. The molecule has 16 heavy (non-hydrogen) atoms. The summed E-state index contributed by atoms with van der Waals surface area (Å²) in [6.45, 7) is 5.38. The Balaban J connectivity index is 2.23. The Bertz CT molecular complexity index is 310. The summed E-state index contributed by atoms with van der Waals surface area (Å²) in [7, 11) is 4.16. The summed E-state index contributed by atoms with van der Waals surface area (Å²) in [5.74, 6) is 0. The minimum Gasteiger partial charge on any atom is -0.377 e. The maximum atomic E-state index is 5.65. The molecular formula is C12H22N2OS. The van der Waals surface area contributed by atoms with Gasteiger partial charge in [0, 0.05) is 22.9 Å². The first-order valence-corrected chi connectivity index (χ1v) is 6.46. The second-order valence-corrected chi connectivity index (χ2v) is 5.55. The Kier molecular flexibility index (Phi) is 5.98. The maximum Gasteiger partial charge on any atom is 0.0727 e. The summed E-state index contributed by atoms with van der Waals surface area (Å²) in [6.07, 6.45) is 1.08. The summed E-state index contributed by atoms with van der Waals surface area (Å²) in [5.41, 5.74) is 6.89. The van der Waals surface area contributed by atoms with Crippen molar-refractivity contribution in [2.45, 2.75) is 26.5 Å². The van der Waals surface area contributed by atoms with Crippen LogP contribution in [-0.4, -0.2) is 32.1 Å². The standard InChI is InChI=1S/C12H22N2OS/c1-10-11(7-12(8-13)16-10)9-15-6-4-5-14(2)3/h7H,4-6,8-9,13H2,1-3H3. The molecular weight excluding hydrogens is 220 g/mol. The van der Waals surface area contributed by atoms with Gasteiger partial charge in [0.15, 0.2) is 0 Å². The molecule has 0 saturated carbocycles. The monoisotopic (exact) mass is 242 g/mol. The summed E-state index contributed by atoms with van der Waals surface area (Å²) >= 11 is 1.77. The van der Waals surface area contributed by atoms with Gasteiger partial charge in [0.1, 0.15) is 0 Å². The number of rotatable bonds is 7. The molecule has 0 aliphatic carbocycles. The van der Waals surface area contributed by atoms with Gasteiger partial charge in [0.05, 0.1) is 6.61 Å². The lowest BCUT2D eigenvalue weighted by molar-refractivity contribution is 0.113. The molecule has 1 heterocycles. The largest absolute Gasteiger partial charge is 0.377 e. The van der Waals surface area contributed by atoms with Gasteiger partial charge < -0.3 is 15.4 Å². The van der Waals surface area contributed by atoms with Crippen LogP contribution in [0.25, 0.3) is 0 Å². The van der Waals surface area contributed by atoms with Crippen molar-refractivity contribution in [2.24, 2.45) is 5.73 Å². The number of hydrogen-bond acceptors (Lipinski definition) is 4. The molecule has 0 bridgehead atoms. The Morgan fingerprint density at radius 2 is 2.19 bits per heavy atom. The van der Waals surface area contributed by atoms with Gasteiger partial charge in [-0.1, -0.05) is 0 Å². The van der Waals surface area contributed by atoms with Crippen LogP contribution in [0.3, 0.4) is 0 Å². The van der Waals surface area contributed by atoms with Crippen molar-refractivity contribution in [3.05, 3.63) is 21.4 Å². The van der Waals surface area contributed by atoms with Gasteiger partial charge in [-0.25, -0.2) is 0 Å². The van der Waals surface area contributed by atoms with Gasteiger partial charge in [-0.2, -0.15) is 0 Å². The van der Waals surface area contributed by atoms with E-state index < -0.39 is 0 Å². The van der Waals surface area contributed by atoms with Crippen molar-refractivity contribution in [3.8, 4) is 0 Å². The fraction of sp³-hybridized carbons (Fsp3) is 0.667. The number of nitrogens with zero attached hydrogens (tertiary/aromatic N) is 1. The van der Waals surface area contributed by atoms with Crippen LogP contribution in [0.2, 0.25) is 0 Å². The second-order valence-electron chi connectivity index (χ2n) is 4.21. The zero-order chi connectivity index (χ0) is 12.0. The van der Waals surface area contributed by atoms with Crippen LogP contribution in [0.15, 0.2) is 6.07 Å². The van der Waals surface area contributed by atoms with E-state index in [0.29, 0.717) is 6.54 Å². The molecule has 1 rings (SSSR count). The lowest BCUT2D eigenvalue weighted by atomic mass is 10.2. The summed E-state index contributed by atoms with van der Waals surface area (Å²) in [5, 5.41) is 0. The summed E-state index contributed by atoms with van der Waals surface area (Å²) < 4.78 is 5.65. The maximum absolute atomic E-state index is 5.65. The van der Waals surface area contributed by atoms with Crippen LogP contribution in [0.1, 0.15) is 21.7 Å². The van der Waals surface area contributed by atoms with Crippen molar-refractivity contribution < 1.29 is 4.74 Å². The molecule has 0 unspecified atom stereocenters. The lowest BCUT2D eigenvalue weighted by Gasteiger charge is -2.09. The third-order valence-electron chi connectivity index (χ3n) is 2.42. The van der Waals surface area contributed by atoms with Gasteiger partial charge in [-0.3, -0.25) is 0 Å². The van der Waals surface area contributed by atoms with E-state index in [2.05, 4.69) is 32.0 Å². The first kappa shape index (κ1) is 13.6. The van der Waals surface area contributed by atoms with Gasteiger partial charge in [0.2, 0.25) is 0 Å². The highest BCUT2D eigenvalue weighted by atomic mass is 32.1. The van der Waals surface area contributed by atoms with Crippen LogP contribution in [0.4, 0.5) is 0 Å². The SMILES string of the molecule is Cc1sc(CN)cc1COCCCN(C)C. The average Bonchev–Trinajstić information content (AvgIpc) is 2.59. The minimum atomic E-state index is 0.631. The van der Waals surface area contributed by atoms with E-state index in [-0.39, 0.29) is 0 Å². The molecule has 0 saturated heterocycles. The van der Waals surface area contributed by atoms with Crippen molar-refractivity contribution in [1.82, 2.24) is 4.90 Å². The van der Waals surface area contributed by atoms with Crippen LogP contribution in [-0.2, 0) is 17.9 Å². The van der Waals surface area contributed by atoms with Crippen LogP contribution >= 0.6 is 11.3 Å². The molecule has 4 heteroatoms. The average molecular weight is 242 g/mol. The highest BCUT2D eigenvalue weighted by Gasteiger charge is 2.04. The van der Waals surface area contributed by atoms with Gasteiger partial charge in [-0.05, 0) is 45.6 Å². The van der Waals surface area contributed by atoms with E-state index in [4.69, 9.17) is 10.5 Å². The smallest absolute Gasteiger partial charge is 0.0727 e. The van der Waals surface area contributed by atoms with Crippen LogP contribution < -0.4 is 5.73 Å². The van der Waals surface area contributed by atoms with Gasteiger partial charge in [0.25, 0.3) is 0 Å². The number of nitrogens with two attached hydrogens (primary N) is 1. The van der Waals surface area contributed by atoms with E-state index >= 15 is 0 Å². The molecule has 1 aromatic rings. The summed E-state index contributed by atoms with van der Waals surface area (Å²) in [6, 6.07) is 2.16. The van der Waals surface area contributed by atoms with E-state index in [1.165, 1.54) is 15.3 Å². The topological polar surface area (TPSA) is 38.5 Å². The normalized spacial score (nSPS) is 11.3. The van der Waals surface area contributed by atoms with Crippen molar-refractivity contribution in [1.29, 1.82) is 0 Å². The zero-order valence-electron chi connectivity index (χ0n) is 10.5. The fourth-order valence-corrected chi connectivity index (χ4v) is 2.42.